The number of pyridine rings is 1. The predicted octanol–water partition coefficient (Wildman–Crippen LogP) is 6.04. The fraction of sp³-hybridized carbons (Fsp3) is 0.438. The summed E-state index contributed by atoms with van der Waals surface area (Å²) in [6.07, 6.45) is 5.66. The molecule has 0 aliphatic carbocycles. The van der Waals surface area contributed by atoms with Crippen LogP contribution in [0.5, 0.6) is 11.6 Å². The Morgan fingerprint density at radius 1 is 1.08 bits per heavy atom. The van der Waals surface area contributed by atoms with Crippen molar-refractivity contribution in [2.75, 3.05) is 0 Å². The number of aromatic nitrogens is 1. The average molecular weight is 531 g/mol. The van der Waals surface area contributed by atoms with Crippen LogP contribution in [0.15, 0.2) is 54.7 Å². The third kappa shape index (κ3) is 5.80. The molecule has 0 bridgehead atoms. The van der Waals surface area contributed by atoms with Gasteiger partial charge in [0.25, 0.3) is 0 Å². The molecule has 1 unspecified atom stereocenters. The number of nitrogens with zero attached hydrogens (tertiary/aromatic N) is 2. The van der Waals surface area contributed by atoms with Crippen LogP contribution in [0.1, 0.15) is 80.9 Å². The number of aliphatic hydroxyl groups excluding tert-OH is 1. The minimum Gasteiger partial charge on any atom is -0.493 e. The summed E-state index contributed by atoms with van der Waals surface area (Å²) in [6, 6.07) is 16.6. The minimum atomic E-state index is -1.10. The first-order chi connectivity index (χ1) is 18.7. The van der Waals surface area contributed by atoms with E-state index >= 15 is 0 Å². The van der Waals surface area contributed by atoms with Crippen molar-refractivity contribution in [1.82, 2.24) is 9.88 Å². The number of likely N-dealkylation sites (tertiary alicyclic amines) is 1. The van der Waals surface area contributed by atoms with Crippen LogP contribution in [0.4, 0.5) is 0 Å². The SMILES string of the molecule is C[C@H](C(=O)O)[C@@H](O)c1ccc2c(c1)OC(c1ccc(-c3ccnc(O)c3)c(CN3[C@H](C)CCC[C@@H]3C)c1)CC2. The average Bonchev–Trinajstić information content (AvgIpc) is 2.93. The zero-order valence-corrected chi connectivity index (χ0v) is 22.9. The number of fused-ring (bicyclic) bond motifs is 1. The number of rotatable bonds is 7. The van der Waals surface area contributed by atoms with E-state index in [1.54, 1.807) is 24.4 Å². The number of carboxylic acids is 1. The van der Waals surface area contributed by atoms with Crippen molar-refractivity contribution in [3.8, 4) is 22.8 Å². The van der Waals surface area contributed by atoms with E-state index in [1.807, 2.05) is 12.1 Å². The van der Waals surface area contributed by atoms with Crippen LogP contribution >= 0.6 is 0 Å². The molecule has 5 atom stereocenters. The molecule has 3 heterocycles. The van der Waals surface area contributed by atoms with Gasteiger partial charge in [0.1, 0.15) is 11.9 Å². The van der Waals surface area contributed by atoms with Gasteiger partial charge in [-0.3, -0.25) is 9.69 Å². The zero-order valence-electron chi connectivity index (χ0n) is 22.9. The van der Waals surface area contributed by atoms with Crippen molar-refractivity contribution in [2.24, 2.45) is 5.92 Å². The number of piperidine rings is 1. The largest absolute Gasteiger partial charge is 0.493 e. The Morgan fingerprint density at radius 2 is 1.85 bits per heavy atom. The Hall–Kier alpha value is -3.42. The van der Waals surface area contributed by atoms with Crippen molar-refractivity contribution >= 4 is 5.97 Å². The van der Waals surface area contributed by atoms with E-state index in [1.165, 1.54) is 31.7 Å². The Kier molecular flexibility index (Phi) is 7.91. The highest BCUT2D eigenvalue weighted by atomic mass is 16.5. The lowest BCUT2D eigenvalue weighted by Gasteiger charge is -2.39. The molecule has 2 aliphatic rings. The molecular weight excluding hydrogens is 492 g/mol. The summed E-state index contributed by atoms with van der Waals surface area (Å²) in [6.45, 7) is 6.92. The third-order valence-corrected chi connectivity index (χ3v) is 8.53. The molecule has 2 aromatic carbocycles. The summed E-state index contributed by atoms with van der Waals surface area (Å²) < 4.78 is 6.48. The standard InChI is InChI=1S/C32H38N2O5/c1-19-5-4-6-20(2)34(19)18-26-15-24(9-11-27(26)23-13-14-33-30(35)17-23)28-12-10-22-7-8-25(16-29(22)39-28)31(36)21(3)32(37)38/h7-9,11,13-17,19-21,28,31,36H,4-6,10,12,18H2,1-3H3,(H,33,35)(H,37,38)/t19-,20+,21-,28?,31+/m0/s1. The van der Waals surface area contributed by atoms with Crippen LogP contribution in [-0.4, -0.2) is 43.3 Å². The van der Waals surface area contributed by atoms with Gasteiger partial charge in [-0.25, -0.2) is 4.98 Å². The summed E-state index contributed by atoms with van der Waals surface area (Å²) >= 11 is 0. The molecule has 39 heavy (non-hydrogen) atoms. The number of ether oxygens (including phenoxy) is 1. The number of hydrogen-bond donors (Lipinski definition) is 3. The van der Waals surface area contributed by atoms with Crippen molar-refractivity contribution in [3.63, 3.8) is 0 Å². The van der Waals surface area contributed by atoms with Gasteiger partial charge in [0.15, 0.2) is 0 Å². The molecule has 2 aliphatic heterocycles. The Balaban J connectivity index is 1.46. The molecular formula is C32H38N2O5. The first-order valence-corrected chi connectivity index (χ1v) is 14.0. The molecule has 7 heteroatoms. The summed E-state index contributed by atoms with van der Waals surface area (Å²) in [5.41, 5.74) is 5.89. The Labute approximate surface area is 230 Å². The molecule has 3 aromatic rings. The highest BCUT2D eigenvalue weighted by Crippen LogP contribution is 2.39. The number of hydrogen-bond acceptors (Lipinski definition) is 6. The maximum absolute atomic E-state index is 11.4. The van der Waals surface area contributed by atoms with Gasteiger partial charge in [-0.15, -0.1) is 0 Å². The van der Waals surface area contributed by atoms with Crippen LogP contribution in [0.2, 0.25) is 0 Å². The number of benzene rings is 2. The maximum Gasteiger partial charge on any atom is 0.309 e. The molecule has 3 N–H and O–H groups in total. The molecule has 0 saturated carbocycles. The second-order valence-electron chi connectivity index (χ2n) is 11.2. The fourth-order valence-corrected chi connectivity index (χ4v) is 6.02. The van der Waals surface area contributed by atoms with Gasteiger partial charge < -0.3 is 20.1 Å². The van der Waals surface area contributed by atoms with E-state index in [0.29, 0.717) is 23.4 Å². The number of aliphatic carboxylic acids is 1. The fourth-order valence-electron chi connectivity index (χ4n) is 6.02. The summed E-state index contributed by atoms with van der Waals surface area (Å²) in [5, 5.41) is 30.0. The van der Waals surface area contributed by atoms with Gasteiger partial charge in [-0.2, -0.15) is 0 Å². The summed E-state index contributed by atoms with van der Waals surface area (Å²) in [5.74, 6) is -1.25. The van der Waals surface area contributed by atoms with Gasteiger partial charge in [-0.05, 0) is 92.0 Å². The van der Waals surface area contributed by atoms with E-state index in [4.69, 9.17) is 4.74 Å². The number of aliphatic hydroxyl groups is 1. The second-order valence-corrected chi connectivity index (χ2v) is 11.2. The van der Waals surface area contributed by atoms with Crippen molar-refractivity contribution in [2.45, 2.75) is 83.7 Å². The van der Waals surface area contributed by atoms with Crippen LogP contribution in [0, 0.1) is 5.92 Å². The van der Waals surface area contributed by atoms with Crippen LogP contribution in [0.3, 0.4) is 0 Å². The lowest BCUT2D eigenvalue weighted by molar-refractivity contribution is -0.145. The van der Waals surface area contributed by atoms with Crippen LogP contribution < -0.4 is 4.74 Å². The van der Waals surface area contributed by atoms with Crippen LogP contribution in [-0.2, 0) is 17.8 Å². The van der Waals surface area contributed by atoms with E-state index in [-0.39, 0.29) is 12.0 Å². The van der Waals surface area contributed by atoms with Gasteiger partial charge in [0.2, 0.25) is 5.88 Å². The summed E-state index contributed by atoms with van der Waals surface area (Å²) in [7, 11) is 0. The molecule has 1 aromatic heterocycles. The third-order valence-electron chi connectivity index (χ3n) is 8.53. The van der Waals surface area contributed by atoms with E-state index in [9.17, 15) is 20.1 Å². The Morgan fingerprint density at radius 3 is 2.56 bits per heavy atom. The van der Waals surface area contributed by atoms with E-state index < -0.39 is 18.0 Å². The number of aryl methyl sites for hydroxylation is 1. The number of aromatic hydroxyl groups is 1. The van der Waals surface area contributed by atoms with Crippen molar-refractivity contribution in [1.29, 1.82) is 0 Å². The lowest BCUT2D eigenvalue weighted by Crippen LogP contribution is -2.43. The highest BCUT2D eigenvalue weighted by Gasteiger charge is 2.29. The number of carbonyl (C=O) groups is 1. The van der Waals surface area contributed by atoms with Gasteiger partial charge >= 0.3 is 5.97 Å². The number of carboxylic acid groups (broad SMARTS) is 1. The van der Waals surface area contributed by atoms with Crippen molar-refractivity contribution < 1.29 is 24.9 Å². The smallest absolute Gasteiger partial charge is 0.309 e. The molecule has 7 nitrogen and oxygen atoms in total. The van der Waals surface area contributed by atoms with Gasteiger partial charge in [0, 0.05) is 30.9 Å². The second kappa shape index (κ2) is 11.4. The monoisotopic (exact) mass is 530 g/mol. The molecule has 206 valence electrons. The maximum atomic E-state index is 11.4. The predicted molar refractivity (Wildman–Crippen MR) is 150 cm³/mol. The molecule has 1 fully saturated rings. The van der Waals surface area contributed by atoms with Crippen LogP contribution in [0.25, 0.3) is 11.1 Å². The molecule has 0 radical (unpaired) electrons. The molecule has 1 saturated heterocycles. The molecule has 0 amide bonds. The van der Waals surface area contributed by atoms with Crippen molar-refractivity contribution in [3.05, 3.63) is 77.0 Å². The lowest BCUT2D eigenvalue weighted by atomic mass is 9.90. The summed E-state index contributed by atoms with van der Waals surface area (Å²) in [4.78, 5) is 17.9. The zero-order chi connectivity index (χ0) is 27.7. The van der Waals surface area contributed by atoms with E-state index in [2.05, 4.69) is 41.9 Å². The molecule has 0 spiro atoms. The van der Waals surface area contributed by atoms with E-state index in [0.717, 1.165) is 41.6 Å². The first kappa shape index (κ1) is 27.2. The normalized spacial score (nSPS) is 22.9. The topological polar surface area (TPSA) is 103 Å². The molecule has 5 rings (SSSR count). The first-order valence-electron chi connectivity index (χ1n) is 14.0. The quantitative estimate of drug-likeness (QED) is 0.342. The Bertz CT molecular complexity index is 1330. The van der Waals surface area contributed by atoms with Gasteiger partial charge in [-0.1, -0.05) is 36.8 Å². The highest BCUT2D eigenvalue weighted by molar-refractivity contribution is 5.70. The minimum absolute atomic E-state index is 0.00432. The van der Waals surface area contributed by atoms with Gasteiger partial charge in [0.05, 0.1) is 12.0 Å².